The number of para-hydroxylation sites is 4. The molecule has 0 unspecified atom stereocenters. The van der Waals surface area contributed by atoms with Crippen LogP contribution in [0.3, 0.4) is 0 Å². The van der Waals surface area contributed by atoms with Gasteiger partial charge in [0.25, 0.3) is 0 Å². The van der Waals surface area contributed by atoms with Gasteiger partial charge in [0, 0.05) is 39.2 Å². The van der Waals surface area contributed by atoms with E-state index in [1.165, 1.54) is 66.2 Å². The van der Waals surface area contributed by atoms with E-state index in [0.29, 0.717) is 0 Å². The molecule has 1 aliphatic rings. The molecule has 0 radical (unpaired) electrons. The fourth-order valence-corrected chi connectivity index (χ4v) is 9.25. The Morgan fingerprint density at radius 1 is 0.333 bits per heavy atom. The van der Waals surface area contributed by atoms with Crippen molar-refractivity contribution in [1.29, 1.82) is 0 Å². The van der Waals surface area contributed by atoms with Crippen molar-refractivity contribution in [2.45, 2.75) is 6.92 Å². The topological polar surface area (TPSA) is 19.6 Å². The summed E-state index contributed by atoms with van der Waals surface area (Å²) >= 11 is 0. The van der Waals surface area contributed by atoms with E-state index in [4.69, 9.17) is 4.42 Å². The molecule has 0 amide bonds. The van der Waals surface area contributed by atoms with Crippen LogP contribution in [0.15, 0.2) is 217 Å². The zero-order chi connectivity index (χ0) is 39.7. The van der Waals surface area contributed by atoms with Crippen molar-refractivity contribution in [1.82, 2.24) is 0 Å². The lowest BCUT2D eigenvalue weighted by molar-refractivity contribution is 0.669. The highest BCUT2D eigenvalue weighted by atomic mass is 16.3. The molecule has 12 rings (SSSR count). The van der Waals surface area contributed by atoms with Crippen LogP contribution in [0.2, 0.25) is 0 Å². The Balaban J connectivity index is 0.959. The van der Waals surface area contributed by atoms with Gasteiger partial charge >= 0.3 is 0 Å². The standard InChI is InChI=1S/C57H38N2O/c1-37-24-25-41(38-14-5-2-6-15-38)36-55(37)59(45-18-9-4-10-19-45)47-29-27-40-33-51-50-32-39-26-28-46(30-42(39)34-52(50)53(51)35-43(40)31-47)58(44-16-7-3-8-17-44)54-22-13-21-49-48-20-11-12-23-56(48)60-57(49)54/h2-36H,1H3. The second kappa shape index (κ2) is 13.6. The highest BCUT2D eigenvalue weighted by Gasteiger charge is 2.26. The van der Waals surface area contributed by atoms with Crippen molar-refractivity contribution >= 4 is 77.6 Å². The smallest absolute Gasteiger partial charge is 0.159 e. The van der Waals surface area contributed by atoms with Crippen molar-refractivity contribution in [3.8, 4) is 33.4 Å². The van der Waals surface area contributed by atoms with Crippen LogP contribution in [-0.4, -0.2) is 0 Å². The summed E-state index contributed by atoms with van der Waals surface area (Å²) in [6.45, 7) is 2.20. The van der Waals surface area contributed by atoms with Gasteiger partial charge in [-0.2, -0.15) is 0 Å². The first kappa shape index (κ1) is 34.2. The molecule has 1 heterocycles. The van der Waals surface area contributed by atoms with Gasteiger partial charge in [0.2, 0.25) is 0 Å². The quantitative estimate of drug-likeness (QED) is 0.161. The number of aryl methyl sites for hydroxylation is 1. The predicted molar refractivity (Wildman–Crippen MR) is 253 cm³/mol. The van der Waals surface area contributed by atoms with E-state index in [9.17, 15) is 0 Å². The van der Waals surface area contributed by atoms with Crippen LogP contribution in [0.1, 0.15) is 5.56 Å². The highest BCUT2D eigenvalue weighted by Crippen LogP contribution is 2.52. The summed E-state index contributed by atoms with van der Waals surface area (Å²) in [5, 5.41) is 7.12. The van der Waals surface area contributed by atoms with Crippen LogP contribution in [0, 0.1) is 6.92 Å². The van der Waals surface area contributed by atoms with Crippen LogP contribution in [0.25, 0.3) is 76.9 Å². The van der Waals surface area contributed by atoms with E-state index >= 15 is 0 Å². The minimum absolute atomic E-state index is 0.880. The van der Waals surface area contributed by atoms with E-state index in [-0.39, 0.29) is 0 Å². The number of furan rings is 1. The van der Waals surface area contributed by atoms with E-state index < -0.39 is 0 Å². The Bertz CT molecular complexity index is 3440. The first-order valence-electron chi connectivity index (χ1n) is 20.6. The van der Waals surface area contributed by atoms with Crippen molar-refractivity contribution in [2.75, 3.05) is 9.80 Å². The number of hydrogen-bond donors (Lipinski definition) is 0. The van der Waals surface area contributed by atoms with Gasteiger partial charge in [-0.1, -0.05) is 121 Å². The molecular formula is C57H38N2O. The molecule has 10 aromatic carbocycles. The molecule has 0 N–H and O–H groups in total. The minimum atomic E-state index is 0.880. The van der Waals surface area contributed by atoms with Crippen LogP contribution < -0.4 is 9.80 Å². The Morgan fingerprint density at radius 3 is 1.47 bits per heavy atom. The molecule has 60 heavy (non-hydrogen) atoms. The van der Waals surface area contributed by atoms with Crippen LogP contribution in [-0.2, 0) is 0 Å². The summed E-state index contributed by atoms with van der Waals surface area (Å²) in [5.41, 5.74) is 17.2. The van der Waals surface area contributed by atoms with E-state index in [2.05, 4.69) is 217 Å². The van der Waals surface area contributed by atoms with Gasteiger partial charge in [0.15, 0.2) is 5.58 Å². The molecular weight excluding hydrogens is 729 g/mol. The summed E-state index contributed by atoms with van der Waals surface area (Å²) in [6.07, 6.45) is 0. The third-order valence-electron chi connectivity index (χ3n) is 12.2. The molecule has 3 nitrogen and oxygen atoms in total. The minimum Gasteiger partial charge on any atom is -0.454 e. The van der Waals surface area contributed by atoms with E-state index in [0.717, 1.165) is 50.4 Å². The molecule has 11 aromatic rings. The molecule has 3 heteroatoms. The molecule has 0 bridgehead atoms. The van der Waals surface area contributed by atoms with Crippen molar-refractivity contribution in [2.24, 2.45) is 0 Å². The van der Waals surface area contributed by atoms with Crippen LogP contribution in [0.4, 0.5) is 34.1 Å². The van der Waals surface area contributed by atoms with Crippen LogP contribution >= 0.6 is 0 Å². The highest BCUT2D eigenvalue weighted by molar-refractivity contribution is 6.13. The average molecular weight is 767 g/mol. The predicted octanol–water partition coefficient (Wildman–Crippen LogP) is 16.5. The van der Waals surface area contributed by atoms with Gasteiger partial charge in [-0.25, -0.2) is 0 Å². The third kappa shape index (κ3) is 5.51. The summed E-state index contributed by atoms with van der Waals surface area (Å²) < 4.78 is 6.57. The number of fused-ring (bicyclic) bond motifs is 9. The molecule has 0 spiro atoms. The van der Waals surface area contributed by atoms with Gasteiger partial charge in [0.05, 0.1) is 5.69 Å². The number of hydrogen-bond acceptors (Lipinski definition) is 3. The summed E-state index contributed by atoms with van der Waals surface area (Å²) in [6, 6.07) is 76.7. The monoisotopic (exact) mass is 766 g/mol. The second-order valence-corrected chi connectivity index (χ2v) is 15.8. The van der Waals surface area contributed by atoms with Crippen LogP contribution in [0.5, 0.6) is 0 Å². The van der Waals surface area contributed by atoms with Gasteiger partial charge in [-0.3, -0.25) is 0 Å². The summed E-state index contributed by atoms with van der Waals surface area (Å²) in [7, 11) is 0. The SMILES string of the molecule is Cc1ccc(-c2ccccc2)cc1N(c1ccccc1)c1ccc2cc3c(cc2c1)-c1cc2cc(N(c4ccccc4)c4cccc5c4oc4ccccc45)ccc2cc1-3. The molecule has 0 atom stereocenters. The largest absolute Gasteiger partial charge is 0.454 e. The zero-order valence-electron chi connectivity index (χ0n) is 33.0. The Morgan fingerprint density at radius 2 is 0.850 bits per heavy atom. The number of benzene rings is 10. The Hall–Kier alpha value is -7.88. The fourth-order valence-electron chi connectivity index (χ4n) is 9.25. The molecule has 0 fully saturated rings. The first-order valence-corrected chi connectivity index (χ1v) is 20.6. The number of rotatable bonds is 7. The van der Waals surface area contributed by atoms with Crippen molar-refractivity contribution in [3.63, 3.8) is 0 Å². The lowest BCUT2D eigenvalue weighted by atomic mass is 9.78. The fraction of sp³-hybridized carbons (Fsp3) is 0.0175. The normalized spacial score (nSPS) is 11.8. The Kier molecular flexibility index (Phi) is 7.76. The molecule has 0 saturated heterocycles. The molecule has 1 aromatic heterocycles. The number of anilines is 6. The average Bonchev–Trinajstić information content (AvgIpc) is 3.69. The summed E-state index contributed by atoms with van der Waals surface area (Å²) in [4.78, 5) is 4.72. The molecule has 0 saturated carbocycles. The summed E-state index contributed by atoms with van der Waals surface area (Å²) in [5.74, 6) is 0. The lowest BCUT2D eigenvalue weighted by Gasteiger charge is -2.29. The lowest BCUT2D eigenvalue weighted by Crippen LogP contribution is -2.11. The zero-order valence-corrected chi connectivity index (χ0v) is 33.0. The second-order valence-electron chi connectivity index (χ2n) is 15.8. The van der Waals surface area contributed by atoms with Gasteiger partial charge in [-0.15, -0.1) is 0 Å². The molecule has 0 aliphatic heterocycles. The van der Waals surface area contributed by atoms with Crippen molar-refractivity contribution in [3.05, 3.63) is 218 Å². The molecule has 282 valence electrons. The first-order chi connectivity index (χ1) is 29.6. The van der Waals surface area contributed by atoms with Crippen molar-refractivity contribution < 1.29 is 4.42 Å². The van der Waals surface area contributed by atoms with E-state index in [1.807, 2.05) is 12.1 Å². The number of nitrogens with zero attached hydrogens (tertiary/aromatic N) is 2. The maximum atomic E-state index is 6.57. The Labute approximate surface area is 348 Å². The van der Waals surface area contributed by atoms with E-state index in [1.54, 1.807) is 0 Å². The maximum absolute atomic E-state index is 6.57. The molecule has 1 aliphatic carbocycles. The van der Waals surface area contributed by atoms with Gasteiger partial charge in [0.1, 0.15) is 5.58 Å². The third-order valence-corrected chi connectivity index (χ3v) is 12.2. The van der Waals surface area contributed by atoms with Gasteiger partial charge < -0.3 is 14.2 Å². The maximum Gasteiger partial charge on any atom is 0.159 e. The van der Waals surface area contributed by atoms with Gasteiger partial charge in [-0.05, 0) is 158 Å².